The fraction of sp³-hybridized carbons (Fsp3) is 0.700. The van der Waals surface area contributed by atoms with Crippen LogP contribution in [0.1, 0.15) is 43.6 Å². The van der Waals surface area contributed by atoms with Crippen LogP contribution in [0.2, 0.25) is 0 Å². The first-order chi connectivity index (χ1) is 7.02. The molecule has 0 aliphatic heterocycles. The molecular weight excluding hydrogens is 205 g/mol. The number of aromatic nitrogens is 2. The zero-order valence-electron chi connectivity index (χ0n) is 8.51. The van der Waals surface area contributed by atoms with Gasteiger partial charge in [-0.2, -0.15) is 18.3 Å². The molecule has 2 rings (SSSR count). The molecule has 1 aliphatic rings. The van der Waals surface area contributed by atoms with Crippen LogP contribution in [-0.2, 0) is 12.6 Å². The van der Waals surface area contributed by atoms with Crippen LogP contribution < -0.4 is 0 Å². The van der Waals surface area contributed by atoms with Gasteiger partial charge in [0, 0.05) is 0 Å². The van der Waals surface area contributed by atoms with Crippen molar-refractivity contribution in [2.24, 2.45) is 0 Å². The molecule has 1 aliphatic carbocycles. The van der Waals surface area contributed by atoms with Gasteiger partial charge in [0.25, 0.3) is 0 Å². The zero-order valence-corrected chi connectivity index (χ0v) is 8.51. The second-order valence-electron chi connectivity index (χ2n) is 3.94. The largest absolute Gasteiger partial charge is 0.433 e. The van der Waals surface area contributed by atoms with Gasteiger partial charge in [-0.05, 0) is 25.3 Å². The number of rotatable bonds is 3. The monoisotopic (exact) mass is 218 g/mol. The summed E-state index contributed by atoms with van der Waals surface area (Å²) >= 11 is 0. The highest BCUT2D eigenvalue weighted by molar-refractivity contribution is 5.15. The molecule has 5 heteroatoms. The first-order valence-corrected chi connectivity index (χ1v) is 5.18. The fourth-order valence-corrected chi connectivity index (χ4v) is 1.63. The molecule has 1 aromatic rings. The van der Waals surface area contributed by atoms with E-state index in [4.69, 9.17) is 0 Å². The molecular formula is C10H13F3N2. The van der Waals surface area contributed by atoms with E-state index < -0.39 is 11.9 Å². The molecule has 1 aromatic heterocycles. The van der Waals surface area contributed by atoms with E-state index in [1.807, 2.05) is 6.92 Å². The topological polar surface area (TPSA) is 17.8 Å². The average Bonchev–Trinajstić information content (AvgIpc) is 2.87. The number of alkyl halides is 3. The Morgan fingerprint density at radius 2 is 2.13 bits per heavy atom. The van der Waals surface area contributed by atoms with E-state index in [-0.39, 0.29) is 6.04 Å². The van der Waals surface area contributed by atoms with E-state index in [0.29, 0.717) is 12.1 Å². The standard InChI is InChI=1S/C10H13F3N2/c1-2-3-7-6-9(10(11,12)13)15(14-7)8-4-5-8/h6,8H,2-5H2,1H3. The predicted molar refractivity (Wildman–Crippen MR) is 49.5 cm³/mol. The predicted octanol–water partition coefficient (Wildman–Crippen LogP) is 3.19. The van der Waals surface area contributed by atoms with Gasteiger partial charge in [0.15, 0.2) is 0 Å². The number of halogens is 3. The molecule has 1 saturated carbocycles. The Labute approximate surface area is 86.1 Å². The van der Waals surface area contributed by atoms with E-state index in [2.05, 4.69) is 5.10 Å². The van der Waals surface area contributed by atoms with Crippen LogP contribution in [0.3, 0.4) is 0 Å². The van der Waals surface area contributed by atoms with Gasteiger partial charge >= 0.3 is 6.18 Å². The van der Waals surface area contributed by atoms with Crippen LogP contribution in [0.5, 0.6) is 0 Å². The van der Waals surface area contributed by atoms with Crippen LogP contribution >= 0.6 is 0 Å². The van der Waals surface area contributed by atoms with Gasteiger partial charge in [0.1, 0.15) is 5.69 Å². The average molecular weight is 218 g/mol. The highest BCUT2D eigenvalue weighted by Gasteiger charge is 2.39. The summed E-state index contributed by atoms with van der Waals surface area (Å²) in [7, 11) is 0. The highest BCUT2D eigenvalue weighted by Crippen LogP contribution is 2.40. The van der Waals surface area contributed by atoms with Crippen LogP contribution in [0, 0.1) is 0 Å². The molecule has 0 aromatic carbocycles. The SMILES string of the molecule is CCCc1cc(C(F)(F)F)n(C2CC2)n1. The summed E-state index contributed by atoms with van der Waals surface area (Å²) in [6, 6.07) is 1.16. The molecule has 0 spiro atoms. The van der Waals surface area contributed by atoms with Crippen molar-refractivity contribution in [2.75, 3.05) is 0 Å². The molecule has 15 heavy (non-hydrogen) atoms. The number of aryl methyl sites for hydroxylation is 1. The highest BCUT2D eigenvalue weighted by atomic mass is 19.4. The summed E-state index contributed by atoms with van der Waals surface area (Å²) < 4.78 is 39.0. The Morgan fingerprint density at radius 1 is 1.47 bits per heavy atom. The van der Waals surface area contributed by atoms with Crippen LogP contribution in [0.25, 0.3) is 0 Å². The molecule has 1 fully saturated rings. The van der Waals surface area contributed by atoms with Crippen molar-refractivity contribution in [3.05, 3.63) is 17.5 Å². The summed E-state index contributed by atoms with van der Waals surface area (Å²) in [6.07, 6.45) is -1.21. The van der Waals surface area contributed by atoms with Crippen molar-refractivity contribution < 1.29 is 13.2 Å². The van der Waals surface area contributed by atoms with E-state index >= 15 is 0 Å². The molecule has 0 bridgehead atoms. The van der Waals surface area contributed by atoms with Crippen molar-refractivity contribution in [3.63, 3.8) is 0 Å². The summed E-state index contributed by atoms with van der Waals surface area (Å²) in [4.78, 5) is 0. The zero-order chi connectivity index (χ0) is 11.1. The second kappa shape index (κ2) is 3.54. The fourth-order valence-electron chi connectivity index (χ4n) is 1.63. The van der Waals surface area contributed by atoms with Gasteiger partial charge in [-0.25, -0.2) is 0 Å². The van der Waals surface area contributed by atoms with E-state index in [0.717, 1.165) is 23.9 Å². The molecule has 0 saturated heterocycles. The number of hydrogen-bond acceptors (Lipinski definition) is 1. The Bertz CT molecular complexity index is 350. The van der Waals surface area contributed by atoms with Gasteiger partial charge in [0.2, 0.25) is 0 Å². The molecule has 0 radical (unpaired) electrons. The van der Waals surface area contributed by atoms with Crippen molar-refractivity contribution in [2.45, 2.75) is 44.8 Å². The molecule has 0 unspecified atom stereocenters. The van der Waals surface area contributed by atoms with E-state index in [9.17, 15) is 13.2 Å². The minimum absolute atomic E-state index is 0.0211. The Kier molecular flexibility index (Phi) is 2.48. The van der Waals surface area contributed by atoms with Crippen molar-refractivity contribution in [3.8, 4) is 0 Å². The summed E-state index contributed by atoms with van der Waals surface area (Å²) in [5.74, 6) is 0. The smallest absolute Gasteiger partial charge is 0.257 e. The summed E-state index contributed by atoms with van der Waals surface area (Å²) in [5.41, 5.74) is -0.0369. The Balaban J connectivity index is 2.33. The van der Waals surface area contributed by atoms with Gasteiger partial charge in [-0.1, -0.05) is 13.3 Å². The van der Waals surface area contributed by atoms with Crippen molar-refractivity contribution in [1.29, 1.82) is 0 Å². The first kappa shape index (κ1) is 10.5. The Hall–Kier alpha value is -1.00. The lowest BCUT2D eigenvalue weighted by molar-refractivity contribution is -0.144. The number of nitrogens with zero attached hydrogens (tertiary/aromatic N) is 2. The van der Waals surface area contributed by atoms with E-state index in [1.54, 1.807) is 0 Å². The molecule has 1 heterocycles. The molecule has 0 amide bonds. The molecule has 0 atom stereocenters. The molecule has 0 N–H and O–H groups in total. The van der Waals surface area contributed by atoms with Crippen molar-refractivity contribution in [1.82, 2.24) is 9.78 Å². The van der Waals surface area contributed by atoms with Gasteiger partial charge in [-0.15, -0.1) is 0 Å². The quantitative estimate of drug-likeness (QED) is 0.761. The third kappa shape index (κ3) is 2.16. The maximum atomic E-state index is 12.6. The lowest BCUT2D eigenvalue weighted by atomic mass is 10.2. The Morgan fingerprint density at radius 3 is 2.60 bits per heavy atom. The second-order valence-corrected chi connectivity index (χ2v) is 3.94. The summed E-state index contributed by atoms with van der Waals surface area (Å²) in [6.45, 7) is 1.93. The first-order valence-electron chi connectivity index (χ1n) is 5.18. The van der Waals surface area contributed by atoms with Gasteiger partial charge in [-0.3, -0.25) is 4.68 Å². The normalized spacial score (nSPS) is 17.1. The van der Waals surface area contributed by atoms with E-state index in [1.165, 1.54) is 6.07 Å². The molecule has 2 nitrogen and oxygen atoms in total. The van der Waals surface area contributed by atoms with Crippen LogP contribution in [0.15, 0.2) is 6.07 Å². The third-order valence-corrected chi connectivity index (χ3v) is 2.48. The van der Waals surface area contributed by atoms with Gasteiger partial charge in [0.05, 0.1) is 11.7 Å². The maximum absolute atomic E-state index is 12.6. The lowest BCUT2D eigenvalue weighted by Crippen LogP contribution is -2.13. The van der Waals surface area contributed by atoms with Gasteiger partial charge < -0.3 is 0 Å². The summed E-state index contributed by atoms with van der Waals surface area (Å²) in [5, 5.41) is 4.03. The lowest BCUT2D eigenvalue weighted by Gasteiger charge is -2.08. The third-order valence-electron chi connectivity index (χ3n) is 2.48. The maximum Gasteiger partial charge on any atom is 0.433 e. The van der Waals surface area contributed by atoms with Crippen LogP contribution in [-0.4, -0.2) is 9.78 Å². The van der Waals surface area contributed by atoms with Crippen molar-refractivity contribution >= 4 is 0 Å². The minimum Gasteiger partial charge on any atom is -0.257 e. The minimum atomic E-state index is -4.28. The molecule has 84 valence electrons. The van der Waals surface area contributed by atoms with Crippen LogP contribution in [0.4, 0.5) is 13.2 Å². The number of hydrogen-bond donors (Lipinski definition) is 0.